The van der Waals surface area contributed by atoms with Crippen molar-refractivity contribution in [1.82, 2.24) is 0 Å². The van der Waals surface area contributed by atoms with Gasteiger partial charge in [0.25, 0.3) is 0 Å². The van der Waals surface area contributed by atoms with Gasteiger partial charge in [0, 0.05) is 25.2 Å². The van der Waals surface area contributed by atoms with Gasteiger partial charge in [-0.1, -0.05) is 13.8 Å². The third-order valence-corrected chi connectivity index (χ3v) is 10.1. The number of hydrogen-bond acceptors (Lipinski definition) is 9. The Morgan fingerprint density at radius 2 is 1.62 bits per heavy atom. The fraction of sp³-hybridized carbons (Fsp3) is 0.536. The lowest BCUT2D eigenvalue weighted by Gasteiger charge is -2.64. The highest BCUT2D eigenvalue weighted by molar-refractivity contribution is 6.17. The summed E-state index contributed by atoms with van der Waals surface area (Å²) in [5, 5.41) is 12.5. The summed E-state index contributed by atoms with van der Waals surface area (Å²) < 4.78 is 28.9. The third-order valence-electron chi connectivity index (χ3n) is 10.1. The Morgan fingerprint density at radius 1 is 0.946 bits per heavy atom. The van der Waals surface area contributed by atoms with Crippen molar-refractivity contribution in [3.8, 4) is 22.8 Å². The molecule has 3 fully saturated rings. The number of methoxy groups -OCH3 is 2. The van der Waals surface area contributed by atoms with Crippen LogP contribution in [0, 0.1) is 10.8 Å². The Balaban J connectivity index is 1.51. The molecule has 9 heteroatoms. The second kappa shape index (κ2) is 6.82. The molecule has 0 unspecified atom stereocenters. The van der Waals surface area contributed by atoms with Gasteiger partial charge >= 0.3 is 11.6 Å². The first-order valence-corrected chi connectivity index (χ1v) is 12.3. The summed E-state index contributed by atoms with van der Waals surface area (Å²) >= 11 is 0. The maximum Gasteiger partial charge on any atom is 0.347 e. The first-order chi connectivity index (χ1) is 17.3. The minimum Gasteiger partial charge on any atom is -0.497 e. The summed E-state index contributed by atoms with van der Waals surface area (Å²) in [6.45, 7) is 6.89. The lowest BCUT2D eigenvalue weighted by atomic mass is 9.47. The highest BCUT2D eigenvalue weighted by Crippen LogP contribution is 2.76. The van der Waals surface area contributed by atoms with E-state index in [-0.39, 0.29) is 24.8 Å². The number of aliphatic hydroxyl groups is 1. The summed E-state index contributed by atoms with van der Waals surface area (Å²) in [6.07, 6.45) is 0.349. The molecule has 2 aromatic rings. The molecule has 196 valence electrons. The van der Waals surface area contributed by atoms with Crippen molar-refractivity contribution in [3.63, 3.8) is 0 Å². The van der Waals surface area contributed by atoms with E-state index in [1.54, 1.807) is 65.1 Å². The molecule has 1 spiro atoms. The highest BCUT2D eigenvalue weighted by atomic mass is 16.6. The number of fused-ring (bicyclic) bond motifs is 4. The molecular formula is C28H30O9. The molecule has 1 aromatic heterocycles. The summed E-state index contributed by atoms with van der Waals surface area (Å²) in [5.74, 6) is -0.0281. The normalized spacial score (nSPS) is 38.8. The molecule has 9 nitrogen and oxygen atoms in total. The third kappa shape index (κ3) is 2.29. The average molecular weight is 511 g/mol. The highest BCUT2D eigenvalue weighted by Gasteiger charge is 2.94. The fourth-order valence-electron chi connectivity index (χ4n) is 7.90. The topological polar surface area (TPSA) is 122 Å². The Bertz CT molecular complexity index is 1420. The molecule has 6 rings (SSSR count). The van der Waals surface area contributed by atoms with Gasteiger partial charge in [-0.05, 0) is 51.0 Å². The van der Waals surface area contributed by atoms with Crippen LogP contribution in [0.25, 0.3) is 11.3 Å². The van der Waals surface area contributed by atoms with Gasteiger partial charge in [-0.15, -0.1) is 0 Å². The molecule has 0 amide bonds. The minimum absolute atomic E-state index is 0.127. The van der Waals surface area contributed by atoms with Crippen LogP contribution in [-0.2, 0) is 25.5 Å². The number of carbonyl (C=O) groups is 2. The van der Waals surface area contributed by atoms with Crippen LogP contribution in [0.2, 0.25) is 0 Å². The first-order valence-electron chi connectivity index (χ1n) is 12.3. The molecule has 2 aliphatic carbocycles. The summed E-state index contributed by atoms with van der Waals surface area (Å²) in [7, 11) is 2.88. The molecule has 1 saturated heterocycles. The molecule has 1 N–H and O–H groups in total. The number of rotatable bonds is 3. The molecule has 1 aromatic carbocycles. The smallest absolute Gasteiger partial charge is 0.347 e. The van der Waals surface area contributed by atoms with E-state index in [2.05, 4.69) is 0 Å². The Morgan fingerprint density at radius 3 is 2.24 bits per heavy atom. The molecule has 0 radical (unpaired) electrons. The van der Waals surface area contributed by atoms with Gasteiger partial charge in [0.1, 0.15) is 39.5 Å². The zero-order valence-electron chi connectivity index (χ0n) is 21.7. The van der Waals surface area contributed by atoms with Crippen molar-refractivity contribution in [2.24, 2.45) is 10.8 Å². The number of ether oxygens (including phenoxy) is 4. The Hall–Kier alpha value is -3.17. The molecule has 37 heavy (non-hydrogen) atoms. The van der Waals surface area contributed by atoms with Gasteiger partial charge in [0.05, 0.1) is 18.1 Å². The molecule has 4 aliphatic rings. The predicted molar refractivity (Wildman–Crippen MR) is 129 cm³/mol. The number of hydrogen-bond donors (Lipinski definition) is 1. The van der Waals surface area contributed by atoms with E-state index >= 15 is 0 Å². The molecule has 2 aliphatic heterocycles. The molecule has 5 atom stereocenters. The van der Waals surface area contributed by atoms with Crippen LogP contribution in [0.15, 0.2) is 39.5 Å². The van der Waals surface area contributed by atoms with Crippen molar-refractivity contribution in [3.05, 3.63) is 46.3 Å². The van der Waals surface area contributed by atoms with Gasteiger partial charge in [-0.25, -0.2) is 9.59 Å². The van der Waals surface area contributed by atoms with E-state index in [1.165, 1.54) is 7.11 Å². The predicted octanol–water partition coefficient (Wildman–Crippen LogP) is 2.83. The Kier molecular flexibility index (Phi) is 4.46. The van der Waals surface area contributed by atoms with Gasteiger partial charge in [-0.3, -0.25) is 4.79 Å². The summed E-state index contributed by atoms with van der Waals surface area (Å²) in [6, 6.07) is 8.69. The van der Waals surface area contributed by atoms with Gasteiger partial charge in [-0.2, -0.15) is 0 Å². The van der Waals surface area contributed by atoms with Crippen LogP contribution >= 0.6 is 0 Å². The lowest BCUT2D eigenvalue weighted by Crippen LogP contribution is -2.79. The number of carbonyl (C=O) groups excluding carboxylic acids is 2. The average Bonchev–Trinajstić information content (AvgIpc) is 3.10. The Labute approximate surface area is 213 Å². The van der Waals surface area contributed by atoms with Crippen LogP contribution in [0.3, 0.4) is 0 Å². The van der Waals surface area contributed by atoms with Crippen LogP contribution in [0.1, 0.15) is 46.1 Å². The second-order valence-corrected chi connectivity index (χ2v) is 11.5. The van der Waals surface area contributed by atoms with Crippen molar-refractivity contribution in [1.29, 1.82) is 0 Å². The largest absolute Gasteiger partial charge is 0.497 e. The van der Waals surface area contributed by atoms with Crippen LogP contribution < -0.4 is 15.1 Å². The molecule has 3 heterocycles. The minimum atomic E-state index is -1.89. The van der Waals surface area contributed by atoms with E-state index < -0.39 is 50.6 Å². The first kappa shape index (κ1) is 24.2. The number of benzene rings is 1. The van der Waals surface area contributed by atoms with Gasteiger partial charge in [0.15, 0.2) is 5.78 Å². The SMILES string of the molecule is COc1ccc(-c2cc3c(c(=O)o2)C[C@@]2(O)[C@@]4(C)C(=O)[C@@]5(OC)C(=O)O[C@]4(CC[C@@]2(C)O3)C5(C)C)cc1. The number of ketones is 1. The molecule has 2 bridgehead atoms. The summed E-state index contributed by atoms with van der Waals surface area (Å²) in [5.41, 5.74) is -8.94. The molecule has 2 saturated carbocycles. The quantitative estimate of drug-likeness (QED) is 0.491. The van der Waals surface area contributed by atoms with Gasteiger partial charge in [0.2, 0.25) is 5.60 Å². The fourth-order valence-corrected chi connectivity index (χ4v) is 7.90. The van der Waals surface area contributed by atoms with E-state index in [4.69, 9.17) is 23.4 Å². The van der Waals surface area contributed by atoms with E-state index in [0.29, 0.717) is 22.8 Å². The van der Waals surface area contributed by atoms with Crippen LogP contribution in [0.4, 0.5) is 0 Å². The van der Waals surface area contributed by atoms with E-state index in [9.17, 15) is 19.5 Å². The second-order valence-electron chi connectivity index (χ2n) is 11.5. The van der Waals surface area contributed by atoms with Crippen molar-refractivity contribution in [2.75, 3.05) is 14.2 Å². The van der Waals surface area contributed by atoms with E-state index in [1.807, 2.05) is 0 Å². The maximum absolute atomic E-state index is 14.2. The van der Waals surface area contributed by atoms with Crippen molar-refractivity contribution in [2.45, 2.75) is 69.4 Å². The van der Waals surface area contributed by atoms with Gasteiger partial charge < -0.3 is 28.5 Å². The molecular weight excluding hydrogens is 480 g/mol. The summed E-state index contributed by atoms with van der Waals surface area (Å²) in [4.78, 5) is 40.6. The van der Waals surface area contributed by atoms with Crippen LogP contribution in [-0.4, -0.2) is 53.5 Å². The van der Waals surface area contributed by atoms with Crippen molar-refractivity contribution < 1.29 is 38.1 Å². The zero-order valence-corrected chi connectivity index (χ0v) is 21.7. The standard InChI is InChI=1S/C28H30O9/c1-23(2)27-12-11-24(3)26(32,25(27,4)21(30)28(23,34-6)22(31)37-27)14-17-19(36-24)13-18(35-20(17)29)15-7-9-16(33-5)10-8-15/h7-10,13,32H,11-12,14H2,1-6H3/t24-,25-,26+,27-,28-/m1/s1. The maximum atomic E-state index is 14.2. The lowest BCUT2D eigenvalue weighted by molar-refractivity contribution is -0.286. The number of Topliss-reactive ketones (excluding diaryl/α,β-unsaturated/α-hetero) is 1. The zero-order chi connectivity index (χ0) is 26.8. The van der Waals surface area contributed by atoms with E-state index in [0.717, 1.165) is 0 Å². The number of esters is 1. The van der Waals surface area contributed by atoms with Crippen molar-refractivity contribution >= 4 is 11.8 Å². The monoisotopic (exact) mass is 510 g/mol. The van der Waals surface area contributed by atoms with Crippen LogP contribution in [0.5, 0.6) is 11.5 Å².